The second-order valence-electron chi connectivity index (χ2n) is 10.2. The summed E-state index contributed by atoms with van der Waals surface area (Å²) in [6.45, 7) is 7.31. The van der Waals surface area contributed by atoms with E-state index in [9.17, 15) is 0 Å². The molecule has 1 saturated heterocycles. The maximum absolute atomic E-state index is 6.22. The fourth-order valence-corrected chi connectivity index (χ4v) is 5.93. The van der Waals surface area contributed by atoms with Crippen LogP contribution in [0.2, 0.25) is 0 Å². The van der Waals surface area contributed by atoms with Gasteiger partial charge in [0.25, 0.3) is 0 Å². The van der Waals surface area contributed by atoms with Gasteiger partial charge in [-0.15, -0.1) is 0 Å². The molecule has 4 heterocycles. The minimum atomic E-state index is 0.227. The minimum absolute atomic E-state index is 0.227. The highest BCUT2D eigenvalue weighted by molar-refractivity contribution is 14.1. The van der Waals surface area contributed by atoms with Crippen LogP contribution in [-0.2, 0) is 20.0 Å². The molecule has 1 saturated carbocycles. The minimum Gasteiger partial charge on any atom is -0.370 e. The van der Waals surface area contributed by atoms with Crippen LogP contribution in [0.25, 0.3) is 39.3 Å². The summed E-state index contributed by atoms with van der Waals surface area (Å²) in [7, 11) is 2.12. The average molecular weight is 581 g/mol. The molecule has 1 aliphatic heterocycles. The van der Waals surface area contributed by atoms with Crippen LogP contribution in [0.15, 0.2) is 43.0 Å². The van der Waals surface area contributed by atoms with Crippen LogP contribution in [0, 0.1) is 5.92 Å². The number of hydrogen-bond donors (Lipinski definition) is 1. The first-order valence-corrected chi connectivity index (χ1v) is 14.3. The van der Waals surface area contributed by atoms with Gasteiger partial charge in [-0.25, -0.2) is 9.97 Å². The molecule has 2 N–H and O–H groups in total. The zero-order valence-corrected chi connectivity index (χ0v) is 22.5. The van der Waals surface area contributed by atoms with E-state index < -0.39 is 0 Å². The summed E-state index contributed by atoms with van der Waals surface area (Å²) in [6.07, 6.45) is 5.83. The number of nitrogens with two attached hydrogens (primary N) is 1. The smallest absolute Gasteiger partial charge is 0.157 e. The zero-order valence-electron chi connectivity index (χ0n) is 20.4. The van der Waals surface area contributed by atoms with E-state index in [1.165, 1.54) is 23.9 Å². The highest BCUT2D eigenvalue weighted by Gasteiger charge is 2.26. The van der Waals surface area contributed by atoms with Crippen molar-refractivity contribution in [1.29, 1.82) is 0 Å². The Morgan fingerprint density at radius 2 is 2.00 bits per heavy atom. The number of benzene rings is 1. The third-order valence-corrected chi connectivity index (χ3v) is 8.11. The Morgan fingerprint density at radius 3 is 2.77 bits per heavy atom. The summed E-state index contributed by atoms with van der Waals surface area (Å²) in [5, 5.41) is 1.19. The third kappa shape index (κ3) is 4.37. The van der Waals surface area contributed by atoms with Crippen molar-refractivity contribution in [3.8, 4) is 11.5 Å². The van der Waals surface area contributed by atoms with Crippen molar-refractivity contribution in [2.45, 2.75) is 44.7 Å². The van der Waals surface area contributed by atoms with Crippen molar-refractivity contribution < 1.29 is 0 Å². The number of pyridine rings is 1. The van der Waals surface area contributed by atoms with E-state index in [0.717, 1.165) is 88.7 Å². The number of likely N-dealkylation sites (tertiary alicyclic amines) is 1. The van der Waals surface area contributed by atoms with Gasteiger partial charge in [0.15, 0.2) is 5.82 Å². The molecule has 4 aromatic rings. The number of imidazole rings is 1. The first-order valence-electron chi connectivity index (χ1n) is 12.7. The Morgan fingerprint density at radius 1 is 1.14 bits per heavy atom. The van der Waals surface area contributed by atoms with E-state index in [1.807, 2.05) is 0 Å². The van der Waals surface area contributed by atoms with E-state index in [1.54, 1.807) is 0 Å². The Kier molecular flexibility index (Phi) is 6.08. The van der Waals surface area contributed by atoms with E-state index in [4.69, 9.17) is 15.7 Å². The second kappa shape index (κ2) is 9.24. The second-order valence-corrected chi connectivity index (χ2v) is 11.3. The lowest BCUT2D eigenvalue weighted by Gasteiger charge is -2.34. The normalized spacial score (nSPS) is 18.6. The predicted molar refractivity (Wildman–Crippen MR) is 153 cm³/mol. The molecule has 0 bridgehead atoms. The number of nitrogens with zero attached hydrogens (tertiary/aromatic N) is 5. The molecule has 7 heteroatoms. The van der Waals surface area contributed by atoms with Crippen LogP contribution >= 0.6 is 22.6 Å². The molecular formula is C28H33IN6. The largest absolute Gasteiger partial charge is 0.370 e. The lowest BCUT2D eigenvalue weighted by Crippen LogP contribution is -2.41. The van der Waals surface area contributed by atoms with E-state index in [-0.39, 0.29) is 6.04 Å². The number of aryl methyl sites for hydroxylation is 2. The zero-order chi connectivity index (χ0) is 24.1. The first kappa shape index (κ1) is 23.0. The number of fused-ring (bicyclic) bond motifs is 2. The summed E-state index contributed by atoms with van der Waals surface area (Å²) in [5.41, 5.74) is 14.0. The van der Waals surface area contributed by atoms with E-state index in [2.05, 4.69) is 86.6 Å². The number of halogens is 1. The van der Waals surface area contributed by atoms with Gasteiger partial charge in [-0.3, -0.25) is 0 Å². The molecule has 0 unspecified atom stereocenters. The molecule has 6 rings (SSSR count). The quantitative estimate of drug-likeness (QED) is 0.236. The Labute approximate surface area is 220 Å². The van der Waals surface area contributed by atoms with Crippen LogP contribution in [-0.4, -0.2) is 47.6 Å². The number of aromatic nitrogens is 4. The van der Waals surface area contributed by atoms with Gasteiger partial charge in [0.05, 0.1) is 16.7 Å². The summed E-state index contributed by atoms with van der Waals surface area (Å²) in [5.74, 6) is 1.75. The van der Waals surface area contributed by atoms with Gasteiger partial charge in [-0.2, -0.15) is 0 Å². The van der Waals surface area contributed by atoms with Crippen molar-refractivity contribution in [3.05, 3.63) is 54.2 Å². The summed E-state index contributed by atoms with van der Waals surface area (Å²) in [6, 6.07) is 13.4. The predicted octanol–water partition coefficient (Wildman–Crippen LogP) is 5.37. The van der Waals surface area contributed by atoms with Gasteiger partial charge < -0.3 is 19.8 Å². The Balaban J connectivity index is 1.41. The molecule has 2 aliphatic rings. The van der Waals surface area contributed by atoms with Crippen molar-refractivity contribution in [1.82, 2.24) is 24.0 Å². The number of alkyl halides is 1. The molecule has 0 spiro atoms. The molecule has 3 aromatic heterocycles. The molecular weight excluding hydrogens is 547 g/mol. The van der Waals surface area contributed by atoms with Gasteiger partial charge in [0.2, 0.25) is 0 Å². The average Bonchev–Trinajstić information content (AvgIpc) is 3.54. The van der Waals surface area contributed by atoms with Crippen LogP contribution in [0.5, 0.6) is 0 Å². The number of piperidine rings is 1. The first-order chi connectivity index (χ1) is 17.0. The lowest BCUT2D eigenvalue weighted by atomic mass is 10.0. The molecule has 35 heavy (non-hydrogen) atoms. The van der Waals surface area contributed by atoms with Crippen molar-refractivity contribution in [2.75, 3.05) is 17.5 Å². The lowest BCUT2D eigenvalue weighted by molar-refractivity contribution is 0.296. The van der Waals surface area contributed by atoms with Crippen molar-refractivity contribution in [3.63, 3.8) is 0 Å². The molecule has 0 amide bonds. The van der Waals surface area contributed by atoms with Gasteiger partial charge in [-0.05, 0) is 73.9 Å². The summed E-state index contributed by atoms with van der Waals surface area (Å²) >= 11 is 2.43. The molecule has 182 valence electrons. The van der Waals surface area contributed by atoms with Crippen LogP contribution in [0.1, 0.15) is 36.9 Å². The molecule has 1 aromatic carbocycles. The Bertz CT molecular complexity index is 1410. The third-order valence-electron chi connectivity index (χ3n) is 7.57. The maximum atomic E-state index is 6.22. The molecule has 0 radical (unpaired) electrons. The topological polar surface area (TPSA) is 64.9 Å². The fraction of sp³-hybridized carbons (Fsp3) is 0.429. The number of rotatable bonds is 7. The van der Waals surface area contributed by atoms with Crippen molar-refractivity contribution in [2.24, 2.45) is 18.7 Å². The molecule has 1 aliphatic carbocycles. The van der Waals surface area contributed by atoms with Gasteiger partial charge in [0.1, 0.15) is 5.65 Å². The fourth-order valence-electron chi connectivity index (χ4n) is 5.38. The summed E-state index contributed by atoms with van der Waals surface area (Å²) < 4.78 is 5.72. The Hall–Kier alpha value is -2.39. The monoisotopic (exact) mass is 580 g/mol. The standard InChI is InChI=1S/C28H33IN6/c1-18(34-13-3-4-22(30)17-34)20-8-10-25-24(14-20)32-28(33(25)2)26-15-21-7-9-23(11-12-29)31-27(21)35(26)16-19-5-6-19/h7-10,14-15,19,22H,1,3-6,11-13,16-17,30H2,2H3/t22-/m1/s1. The number of hydrogen-bond acceptors (Lipinski definition) is 4. The summed E-state index contributed by atoms with van der Waals surface area (Å²) in [4.78, 5) is 12.5. The molecule has 1 atom stereocenters. The van der Waals surface area contributed by atoms with Crippen LogP contribution in [0.4, 0.5) is 0 Å². The van der Waals surface area contributed by atoms with Gasteiger partial charge in [0, 0.05) is 53.9 Å². The molecule has 2 fully saturated rings. The van der Waals surface area contributed by atoms with Crippen LogP contribution < -0.4 is 5.73 Å². The van der Waals surface area contributed by atoms with E-state index >= 15 is 0 Å². The highest BCUT2D eigenvalue weighted by Crippen LogP contribution is 2.36. The maximum Gasteiger partial charge on any atom is 0.157 e. The van der Waals surface area contributed by atoms with Crippen LogP contribution in [0.3, 0.4) is 0 Å². The van der Waals surface area contributed by atoms with Crippen molar-refractivity contribution >= 4 is 50.4 Å². The van der Waals surface area contributed by atoms with E-state index in [0.29, 0.717) is 0 Å². The van der Waals surface area contributed by atoms with Gasteiger partial charge in [-0.1, -0.05) is 35.2 Å². The highest BCUT2D eigenvalue weighted by atomic mass is 127. The van der Waals surface area contributed by atoms with Gasteiger partial charge >= 0.3 is 0 Å². The SMILES string of the molecule is C=C(c1ccc2c(c1)nc(-c1cc3ccc(CCI)nc3n1CC1CC1)n2C)N1CCC[C@@H](N)C1. The molecule has 6 nitrogen and oxygen atoms in total.